The molecule has 5 heteroatoms. The van der Waals surface area contributed by atoms with E-state index in [0.29, 0.717) is 0 Å². The summed E-state index contributed by atoms with van der Waals surface area (Å²) in [7, 11) is 2.36. The van der Waals surface area contributed by atoms with Crippen molar-refractivity contribution in [3.8, 4) is 5.75 Å². The Labute approximate surface area is 201 Å². The van der Waals surface area contributed by atoms with Crippen molar-refractivity contribution in [2.75, 3.05) is 20.1 Å². The molecule has 2 unspecified atom stereocenters. The molecule has 2 atom stereocenters. The third-order valence-corrected chi connectivity index (χ3v) is 5.65. The van der Waals surface area contributed by atoms with Gasteiger partial charge in [-0.25, -0.2) is 4.57 Å². The second-order valence-electron chi connectivity index (χ2n) is 8.24. The highest BCUT2D eigenvalue weighted by Crippen LogP contribution is 2.24. The van der Waals surface area contributed by atoms with Gasteiger partial charge in [0.05, 0.1) is 13.6 Å². The number of ether oxygens (including phenoxy) is 1. The van der Waals surface area contributed by atoms with E-state index in [9.17, 15) is 0 Å². The maximum atomic E-state index is 6.36. The maximum absolute atomic E-state index is 6.36. The highest BCUT2D eigenvalue weighted by atomic mass is 79.9. The molecule has 1 aromatic heterocycles. The molecular weight excluding hydrogens is 504 g/mol. The number of rotatable bonds is 6. The molecule has 3 nitrogen and oxygen atoms in total. The van der Waals surface area contributed by atoms with Gasteiger partial charge in [0.2, 0.25) is 0 Å². The Morgan fingerprint density at radius 1 is 0.867 bits per heavy atom. The number of piperidine rings is 1. The van der Waals surface area contributed by atoms with Crippen LogP contribution in [0.4, 0.5) is 0 Å². The van der Waals surface area contributed by atoms with Gasteiger partial charge in [0.1, 0.15) is 24.9 Å². The number of aromatic nitrogens is 1. The Hall–Kier alpha value is -1.69. The molecule has 30 heavy (non-hydrogen) atoms. The van der Waals surface area contributed by atoms with Crippen molar-refractivity contribution in [1.82, 2.24) is 0 Å². The number of halogens is 2. The van der Waals surface area contributed by atoms with Crippen LogP contribution in [0.25, 0.3) is 0 Å². The molecule has 2 aromatic carbocycles. The van der Waals surface area contributed by atoms with Gasteiger partial charge in [-0.15, -0.1) is 0 Å². The van der Waals surface area contributed by atoms with Crippen LogP contribution in [-0.4, -0.2) is 30.7 Å². The second-order valence-corrected chi connectivity index (χ2v) is 8.24. The first-order valence-corrected chi connectivity index (χ1v) is 10.3. The Morgan fingerprint density at radius 3 is 2.10 bits per heavy atom. The Bertz CT molecular complexity index is 875. The number of quaternary nitrogens is 1. The summed E-state index contributed by atoms with van der Waals surface area (Å²) in [6.45, 7) is 4.25. The fourth-order valence-corrected chi connectivity index (χ4v) is 4.25. The van der Waals surface area contributed by atoms with Gasteiger partial charge < -0.3 is 43.2 Å². The zero-order chi connectivity index (χ0) is 19.2. The normalized spacial score (nSPS) is 20.5. The van der Waals surface area contributed by atoms with E-state index in [1.165, 1.54) is 24.1 Å². The van der Waals surface area contributed by atoms with Crippen LogP contribution in [0.3, 0.4) is 0 Å². The first-order chi connectivity index (χ1) is 13.7. The van der Waals surface area contributed by atoms with Gasteiger partial charge in [0.15, 0.2) is 18.9 Å². The quantitative estimate of drug-likeness (QED) is 0.270. The van der Waals surface area contributed by atoms with E-state index in [0.717, 1.165) is 36.3 Å². The minimum absolute atomic E-state index is 0. The van der Waals surface area contributed by atoms with Crippen molar-refractivity contribution >= 4 is 0 Å². The fraction of sp³-hybridized carbons (Fsp3) is 0.320. The largest absolute Gasteiger partial charge is 1.00 e. The SMILES string of the molecule is C[N+]1(Cc2ccccc2)CCCC(Oc2cc[n+](Cc3ccccc3)cc2)C1.[Br-].[Br-]. The van der Waals surface area contributed by atoms with Gasteiger partial charge in [-0.2, -0.15) is 0 Å². The Balaban J connectivity index is 0.00000160. The van der Waals surface area contributed by atoms with Gasteiger partial charge in [-0.05, 0) is 6.42 Å². The molecule has 1 saturated heterocycles. The molecule has 0 spiro atoms. The molecule has 0 amide bonds. The highest BCUT2D eigenvalue weighted by molar-refractivity contribution is 5.17. The lowest BCUT2D eigenvalue weighted by Gasteiger charge is -2.41. The first kappa shape index (κ1) is 24.6. The molecule has 0 saturated carbocycles. The van der Waals surface area contributed by atoms with Crippen molar-refractivity contribution in [1.29, 1.82) is 0 Å². The first-order valence-electron chi connectivity index (χ1n) is 10.3. The van der Waals surface area contributed by atoms with E-state index < -0.39 is 0 Å². The molecule has 1 aliphatic rings. The topological polar surface area (TPSA) is 13.1 Å². The number of likely N-dealkylation sites (tertiary alicyclic amines) is 1. The maximum Gasteiger partial charge on any atom is 0.173 e. The van der Waals surface area contributed by atoms with E-state index in [1.54, 1.807) is 0 Å². The van der Waals surface area contributed by atoms with Crippen molar-refractivity contribution < 1.29 is 47.7 Å². The number of pyridine rings is 1. The van der Waals surface area contributed by atoms with Gasteiger partial charge in [0.25, 0.3) is 0 Å². The number of nitrogens with zero attached hydrogens (tertiary/aromatic N) is 2. The Kier molecular flexibility index (Phi) is 9.53. The van der Waals surface area contributed by atoms with Gasteiger partial charge in [-0.1, -0.05) is 60.7 Å². The molecule has 0 radical (unpaired) electrons. The lowest BCUT2D eigenvalue weighted by molar-refractivity contribution is -0.929. The van der Waals surface area contributed by atoms with Gasteiger partial charge in [-0.3, -0.25) is 0 Å². The van der Waals surface area contributed by atoms with Crippen molar-refractivity contribution in [3.63, 3.8) is 0 Å². The number of hydrogen-bond acceptors (Lipinski definition) is 1. The van der Waals surface area contributed by atoms with Crippen LogP contribution in [0.2, 0.25) is 0 Å². The molecule has 4 rings (SSSR count). The molecule has 1 aliphatic heterocycles. The number of hydrogen-bond donors (Lipinski definition) is 0. The van der Waals surface area contributed by atoms with Crippen LogP contribution in [0, 0.1) is 0 Å². The Morgan fingerprint density at radius 2 is 1.47 bits per heavy atom. The number of likely N-dealkylation sites (N-methyl/N-ethyl adjacent to an activating group) is 1. The summed E-state index contributed by atoms with van der Waals surface area (Å²) >= 11 is 0. The minimum Gasteiger partial charge on any atom is -1.00 e. The van der Waals surface area contributed by atoms with Crippen LogP contribution in [-0.2, 0) is 13.1 Å². The molecule has 2 heterocycles. The third-order valence-electron chi connectivity index (χ3n) is 5.65. The summed E-state index contributed by atoms with van der Waals surface area (Å²) in [6, 6.07) is 25.6. The van der Waals surface area contributed by atoms with Crippen molar-refractivity contribution in [3.05, 3.63) is 96.3 Å². The van der Waals surface area contributed by atoms with Crippen LogP contribution in [0.1, 0.15) is 24.0 Å². The zero-order valence-electron chi connectivity index (χ0n) is 17.5. The summed E-state index contributed by atoms with van der Waals surface area (Å²) in [4.78, 5) is 0. The van der Waals surface area contributed by atoms with Crippen LogP contribution in [0.5, 0.6) is 5.75 Å². The van der Waals surface area contributed by atoms with E-state index in [1.807, 2.05) is 0 Å². The standard InChI is InChI=1S/C25H30N2O.2BrH/c1-27(20-23-11-6-3-7-12-23)18-8-13-25(21-27)28-24-14-16-26(17-15-24)19-22-9-4-2-5-10-22;;/h2-7,9-12,14-17,25H,8,13,18-21H2,1H3;2*1H/q+2;;/p-2. The molecule has 3 aromatic rings. The summed E-state index contributed by atoms with van der Waals surface area (Å²) in [5.74, 6) is 0.975. The van der Waals surface area contributed by atoms with E-state index >= 15 is 0 Å². The average molecular weight is 534 g/mol. The lowest BCUT2D eigenvalue weighted by atomic mass is 10.0. The predicted molar refractivity (Wildman–Crippen MR) is 112 cm³/mol. The monoisotopic (exact) mass is 532 g/mol. The summed E-state index contributed by atoms with van der Waals surface area (Å²) in [5, 5.41) is 0. The number of benzene rings is 2. The van der Waals surface area contributed by atoms with Crippen molar-refractivity contribution in [2.45, 2.75) is 32.0 Å². The zero-order valence-corrected chi connectivity index (χ0v) is 20.6. The minimum atomic E-state index is 0. The van der Waals surface area contributed by atoms with Gasteiger partial charge in [0, 0.05) is 29.7 Å². The van der Waals surface area contributed by atoms with Crippen LogP contribution < -0.4 is 43.3 Å². The molecule has 0 N–H and O–H groups in total. The highest BCUT2D eigenvalue weighted by Gasteiger charge is 2.32. The lowest BCUT2D eigenvalue weighted by Crippen LogP contribution is -3.00. The summed E-state index contributed by atoms with van der Waals surface area (Å²) in [5.41, 5.74) is 2.72. The van der Waals surface area contributed by atoms with Crippen LogP contribution >= 0.6 is 0 Å². The molecule has 1 fully saturated rings. The summed E-state index contributed by atoms with van der Waals surface area (Å²) < 4.78 is 9.61. The predicted octanol–water partition coefficient (Wildman–Crippen LogP) is -1.78. The second kappa shape index (κ2) is 11.6. The third kappa shape index (κ3) is 6.93. The van der Waals surface area contributed by atoms with E-state index in [2.05, 4.69) is 96.8 Å². The summed E-state index contributed by atoms with van der Waals surface area (Å²) in [6.07, 6.45) is 6.87. The molecule has 0 aliphatic carbocycles. The van der Waals surface area contributed by atoms with E-state index in [-0.39, 0.29) is 40.1 Å². The molecule has 0 bridgehead atoms. The van der Waals surface area contributed by atoms with E-state index in [4.69, 9.17) is 4.74 Å². The van der Waals surface area contributed by atoms with Crippen molar-refractivity contribution in [2.24, 2.45) is 0 Å². The fourth-order valence-electron chi connectivity index (χ4n) is 4.25. The molecular formula is C25H30Br2N2O. The average Bonchev–Trinajstić information content (AvgIpc) is 2.71. The van der Waals surface area contributed by atoms with Crippen LogP contribution in [0.15, 0.2) is 85.2 Å². The smallest absolute Gasteiger partial charge is 0.173 e. The van der Waals surface area contributed by atoms with Gasteiger partial charge >= 0.3 is 0 Å². The molecule has 160 valence electrons.